The Bertz CT molecular complexity index is 538. The fraction of sp³-hybridized carbons (Fsp3) is 0.273. The molecule has 4 nitrogen and oxygen atoms in total. The van der Waals surface area contributed by atoms with Crippen molar-refractivity contribution in [1.82, 2.24) is 14.8 Å². The summed E-state index contributed by atoms with van der Waals surface area (Å²) < 4.78 is 1.94. The van der Waals surface area contributed by atoms with Crippen LogP contribution in [0.25, 0.3) is 0 Å². The Morgan fingerprint density at radius 3 is 2.76 bits per heavy atom. The lowest BCUT2D eigenvalue weighted by molar-refractivity contribution is 0.765. The molecule has 0 aliphatic carbocycles. The van der Waals surface area contributed by atoms with E-state index in [2.05, 4.69) is 10.2 Å². The van der Waals surface area contributed by atoms with Gasteiger partial charge in [-0.3, -0.25) is 0 Å². The molecule has 0 saturated heterocycles. The molecule has 0 radical (unpaired) electrons. The van der Waals surface area contributed by atoms with Crippen LogP contribution in [0.3, 0.4) is 0 Å². The second-order valence-corrected chi connectivity index (χ2v) is 5.09. The number of aromatic nitrogens is 3. The zero-order valence-corrected chi connectivity index (χ0v) is 11.2. The van der Waals surface area contributed by atoms with Gasteiger partial charge >= 0.3 is 0 Å². The average Bonchev–Trinajstić information content (AvgIpc) is 2.63. The maximum absolute atomic E-state index is 5.94. The van der Waals surface area contributed by atoms with Crippen molar-refractivity contribution in [3.05, 3.63) is 34.6 Å². The smallest absolute Gasteiger partial charge is 0.195 e. The summed E-state index contributed by atoms with van der Waals surface area (Å²) in [5.41, 5.74) is 6.72. The number of hydrogen-bond acceptors (Lipinski definition) is 4. The molecule has 1 heterocycles. The summed E-state index contributed by atoms with van der Waals surface area (Å²) in [6.07, 6.45) is 0. The summed E-state index contributed by atoms with van der Waals surface area (Å²) >= 11 is 7.48. The molecule has 0 amide bonds. The molecule has 17 heavy (non-hydrogen) atoms. The monoisotopic (exact) mass is 268 g/mol. The zero-order valence-electron chi connectivity index (χ0n) is 9.64. The van der Waals surface area contributed by atoms with Gasteiger partial charge in [-0.2, -0.15) is 0 Å². The van der Waals surface area contributed by atoms with Gasteiger partial charge in [-0.1, -0.05) is 11.6 Å². The van der Waals surface area contributed by atoms with Crippen molar-refractivity contribution in [1.29, 1.82) is 0 Å². The van der Waals surface area contributed by atoms with E-state index in [9.17, 15) is 0 Å². The van der Waals surface area contributed by atoms with Crippen LogP contribution in [0.5, 0.6) is 0 Å². The van der Waals surface area contributed by atoms with Gasteiger partial charge in [0.05, 0.1) is 0 Å². The quantitative estimate of drug-likeness (QED) is 0.929. The van der Waals surface area contributed by atoms with Crippen LogP contribution < -0.4 is 5.73 Å². The van der Waals surface area contributed by atoms with E-state index in [1.54, 1.807) is 11.8 Å². The number of hydrogen-bond donors (Lipinski definition) is 1. The minimum atomic E-state index is 0.458. The molecular formula is C11H13ClN4S. The average molecular weight is 269 g/mol. The van der Waals surface area contributed by atoms with Crippen LogP contribution in [0.4, 0.5) is 0 Å². The predicted molar refractivity (Wildman–Crippen MR) is 69.2 cm³/mol. The summed E-state index contributed by atoms with van der Waals surface area (Å²) in [5, 5.41) is 9.68. The molecular weight excluding hydrogens is 256 g/mol. The Morgan fingerprint density at radius 1 is 1.41 bits per heavy atom. The third-order valence-electron chi connectivity index (χ3n) is 2.50. The molecule has 2 aromatic rings. The summed E-state index contributed by atoms with van der Waals surface area (Å²) in [6, 6.07) is 5.69. The Morgan fingerprint density at radius 2 is 2.18 bits per heavy atom. The van der Waals surface area contributed by atoms with E-state index in [4.69, 9.17) is 17.3 Å². The zero-order chi connectivity index (χ0) is 12.4. The Kier molecular flexibility index (Phi) is 3.71. The fourth-order valence-corrected chi connectivity index (χ4v) is 2.53. The normalized spacial score (nSPS) is 10.8. The van der Waals surface area contributed by atoms with Crippen LogP contribution >= 0.6 is 23.4 Å². The second kappa shape index (κ2) is 5.08. The van der Waals surface area contributed by atoms with E-state index in [1.807, 2.05) is 36.7 Å². The molecule has 2 rings (SSSR count). The molecule has 0 bridgehead atoms. The lowest BCUT2D eigenvalue weighted by Gasteiger charge is -2.07. The SMILES string of the molecule is Cc1nnc(Sc2ccc(Cl)cc2CN)n1C. The Hall–Kier alpha value is -1.04. The predicted octanol–water partition coefficient (Wildman–Crippen LogP) is 2.39. The largest absolute Gasteiger partial charge is 0.326 e. The Balaban J connectivity index is 2.33. The van der Waals surface area contributed by atoms with Crippen molar-refractivity contribution in [3.8, 4) is 0 Å². The first-order valence-corrected chi connectivity index (χ1v) is 6.33. The van der Waals surface area contributed by atoms with Crippen LogP contribution in [0, 0.1) is 6.92 Å². The maximum atomic E-state index is 5.94. The molecule has 0 unspecified atom stereocenters. The van der Waals surface area contributed by atoms with Gasteiger partial charge in [-0.15, -0.1) is 10.2 Å². The van der Waals surface area contributed by atoms with Crippen molar-refractivity contribution < 1.29 is 0 Å². The summed E-state index contributed by atoms with van der Waals surface area (Å²) in [6.45, 7) is 2.38. The van der Waals surface area contributed by atoms with E-state index in [0.717, 1.165) is 21.4 Å². The first-order valence-electron chi connectivity index (χ1n) is 5.14. The number of aryl methyl sites for hydroxylation is 1. The van der Waals surface area contributed by atoms with Crippen molar-refractivity contribution >= 4 is 23.4 Å². The molecule has 0 aliphatic heterocycles. The van der Waals surface area contributed by atoms with Crippen LogP contribution in [0.2, 0.25) is 5.02 Å². The van der Waals surface area contributed by atoms with Crippen LogP contribution in [-0.4, -0.2) is 14.8 Å². The van der Waals surface area contributed by atoms with Crippen LogP contribution in [0.1, 0.15) is 11.4 Å². The van der Waals surface area contributed by atoms with E-state index in [0.29, 0.717) is 11.6 Å². The lowest BCUT2D eigenvalue weighted by atomic mass is 10.2. The van der Waals surface area contributed by atoms with Gasteiger partial charge < -0.3 is 10.3 Å². The number of rotatable bonds is 3. The highest BCUT2D eigenvalue weighted by Crippen LogP contribution is 2.30. The molecule has 1 aromatic carbocycles. The number of nitrogens with two attached hydrogens (primary N) is 1. The molecule has 0 aliphatic rings. The van der Waals surface area contributed by atoms with Crippen LogP contribution in [-0.2, 0) is 13.6 Å². The molecule has 90 valence electrons. The molecule has 0 spiro atoms. The molecule has 0 saturated carbocycles. The fourth-order valence-electron chi connectivity index (χ4n) is 1.38. The Labute approximate surface area is 109 Å². The summed E-state index contributed by atoms with van der Waals surface area (Å²) in [5.74, 6) is 0.885. The minimum absolute atomic E-state index is 0.458. The van der Waals surface area contributed by atoms with Crippen molar-refractivity contribution in [3.63, 3.8) is 0 Å². The van der Waals surface area contributed by atoms with Crippen LogP contribution in [0.15, 0.2) is 28.3 Å². The van der Waals surface area contributed by atoms with E-state index in [1.165, 1.54) is 0 Å². The number of benzene rings is 1. The highest BCUT2D eigenvalue weighted by Gasteiger charge is 2.10. The first-order chi connectivity index (χ1) is 8.11. The van der Waals surface area contributed by atoms with Gasteiger partial charge in [-0.25, -0.2) is 0 Å². The van der Waals surface area contributed by atoms with Crippen molar-refractivity contribution in [2.75, 3.05) is 0 Å². The topological polar surface area (TPSA) is 56.7 Å². The third kappa shape index (κ3) is 2.62. The molecule has 0 atom stereocenters. The van der Waals surface area contributed by atoms with E-state index in [-0.39, 0.29) is 0 Å². The summed E-state index contributed by atoms with van der Waals surface area (Å²) in [7, 11) is 1.94. The van der Waals surface area contributed by atoms with Gasteiger partial charge in [0.1, 0.15) is 5.82 Å². The van der Waals surface area contributed by atoms with Crippen molar-refractivity contribution in [2.24, 2.45) is 12.8 Å². The van der Waals surface area contributed by atoms with Gasteiger partial charge in [-0.05, 0) is 42.4 Å². The van der Waals surface area contributed by atoms with Gasteiger partial charge in [0, 0.05) is 23.5 Å². The first kappa shape index (κ1) is 12.4. The molecule has 0 fully saturated rings. The van der Waals surface area contributed by atoms with E-state index >= 15 is 0 Å². The minimum Gasteiger partial charge on any atom is -0.326 e. The molecule has 6 heteroatoms. The van der Waals surface area contributed by atoms with Gasteiger partial charge in [0.2, 0.25) is 0 Å². The summed E-state index contributed by atoms with van der Waals surface area (Å²) in [4.78, 5) is 1.06. The maximum Gasteiger partial charge on any atom is 0.195 e. The highest BCUT2D eigenvalue weighted by molar-refractivity contribution is 7.99. The van der Waals surface area contributed by atoms with Gasteiger partial charge in [0.25, 0.3) is 0 Å². The van der Waals surface area contributed by atoms with Gasteiger partial charge in [0.15, 0.2) is 5.16 Å². The highest BCUT2D eigenvalue weighted by atomic mass is 35.5. The third-order valence-corrected chi connectivity index (χ3v) is 3.89. The molecule has 2 N–H and O–H groups in total. The second-order valence-electron chi connectivity index (χ2n) is 3.65. The van der Waals surface area contributed by atoms with Crippen molar-refractivity contribution in [2.45, 2.75) is 23.5 Å². The standard InChI is InChI=1S/C11H13ClN4S/c1-7-14-15-11(16(7)2)17-10-4-3-9(12)5-8(10)6-13/h3-5H,6,13H2,1-2H3. The number of halogens is 1. The molecule has 1 aromatic heterocycles. The number of nitrogens with zero attached hydrogens (tertiary/aromatic N) is 3. The lowest BCUT2D eigenvalue weighted by Crippen LogP contribution is -1.99. The van der Waals surface area contributed by atoms with E-state index < -0.39 is 0 Å².